The van der Waals surface area contributed by atoms with Gasteiger partial charge in [0.25, 0.3) is 0 Å². The van der Waals surface area contributed by atoms with Gasteiger partial charge in [0.05, 0.1) is 18.7 Å². The number of hydrogen-bond acceptors (Lipinski definition) is 3. The third-order valence-electron chi connectivity index (χ3n) is 2.81. The van der Waals surface area contributed by atoms with Crippen LogP contribution in [-0.2, 0) is 0 Å². The SMILES string of the molecule is CCNC(c1ccsc1)c1c(F)cccc1OC. The van der Waals surface area contributed by atoms with E-state index in [9.17, 15) is 4.39 Å². The van der Waals surface area contributed by atoms with Crippen LogP contribution in [0.2, 0.25) is 0 Å². The van der Waals surface area contributed by atoms with E-state index in [1.165, 1.54) is 6.07 Å². The molecule has 0 bridgehead atoms. The van der Waals surface area contributed by atoms with Crippen molar-refractivity contribution in [2.75, 3.05) is 13.7 Å². The monoisotopic (exact) mass is 265 g/mol. The number of ether oxygens (including phenoxy) is 1. The van der Waals surface area contributed by atoms with Gasteiger partial charge < -0.3 is 10.1 Å². The van der Waals surface area contributed by atoms with Crippen molar-refractivity contribution in [3.05, 3.63) is 52.0 Å². The second-order valence-corrected chi connectivity index (χ2v) is 4.68. The maximum Gasteiger partial charge on any atom is 0.132 e. The van der Waals surface area contributed by atoms with Gasteiger partial charge in [-0.25, -0.2) is 4.39 Å². The Kier molecular flexibility index (Phi) is 4.33. The number of hydrogen-bond donors (Lipinski definition) is 1. The highest BCUT2D eigenvalue weighted by Crippen LogP contribution is 2.33. The Hall–Kier alpha value is -1.39. The molecule has 0 spiro atoms. The van der Waals surface area contributed by atoms with Gasteiger partial charge in [-0.05, 0) is 41.1 Å². The van der Waals surface area contributed by atoms with Gasteiger partial charge in [0.2, 0.25) is 0 Å². The molecule has 0 amide bonds. The highest BCUT2D eigenvalue weighted by atomic mass is 32.1. The highest BCUT2D eigenvalue weighted by Gasteiger charge is 2.21. The minimum absolute atomic E-state index is 0.169. The van der Waals surface area contributed by atoms with Crippen molar-refractivity contribution in [3.8, 4) is 5.75 Å². The normalized spacial score (nSPS) is 12.4. The maximum absolute atomic E-state index is 14.1. The summed E-state index contributed by atoms with van der Waals surface area (Å²) >= 11 is 1.60. The Morgan fingerprint density at radius 1 is 1.39 bits per heavy atom. The molecule has 2 rings (SSSR count). The lowest BCUT2D eigenvalue weighted by atomic mass is 9.99. The lowest BCUT2D eigenvalue weighted by molar-refractivity contribution is 0.397. The maximum atomic E-state index is 14.1. The molecule has 1 unspecified atom stereocenters. The number of thiophene rings is 1. The first-order valence-electron chi connectivity index (χ1n) is 5.85. The summed E-state index contributed by atoms with van der Waals surface area (Å²) in [5.41, 5.74) is 1.63. The van der Waals surface area contributed by atoms with Gasteiger partial charge in [0.1, 0.15) is 11.6 Å². The summed E-state index contributed by atoms with van der Waals surface area (Å²) in [6.07, 6.45) is 0. The third kappa shape index (κ3) is 2.54. The van der Waals surface area contributed by atoms with Crippen LogP contribution in [0.5, 0.6) is 5.75 Å². The van der Waals surface area contributed by atoms with Crippen molar-refractivity contribution in [2.24, 2.45) is 0 Å². The topological polar surface area (TPSA) is 21.3 Å². The van der Waals surface area contributed by atoms with Gasteiger partial charge >= 0.3 is 0 Å². The molecule has 2 aromatic rings. The van der Waals surface area contributed by atoms with Crippen LogP contribution in [0.3, 0.4) is 0 Å². The fraction of sp³-hybridized carbons (Fsp3) is 0.286. The van der Waals surface area contributed by atoms with Crippen molar-refractivity contribution in [2.45, 2.75) is 13.0 Å². The molecule has 0 aliphatic rings. The van der Waals surface area contributed by atoms with Crippen molar-refractivity contribution >= 4 is 11.3 Å². The summed E-state index contributed by atoms with van der Waals surface area (Å²) in [5, 5.41) is 7.32. The van der Waals surface area contributed by atoms with Crippen LogP contribution in [0.25, 0.3) is 0 Å². The predicted molar refractivity (Wildman–Crippen MR) is 72.8 cm³/mol. The second-order valence-electron chi connectivity index (χ2n) is 3.90. The summed E-state index contributed by atoms with van der Waals surface area (Å²) in [5.74, 6) is 0.332. The average Bonchev–Trinajstić information content (AvgIpc) is 2.90. The van der Waals surface area contributed by atoms with E-state index in [2.05, 4.69) is 5.32 Å². The van der Waals surface area contributed by atoms with E-state index < -0.39 is 0 Å². The molecule has 0 aliphatic heterocycles. The molecule has 0 saturated carbocycles. The molecule has 0 fully saturated rings. The minimum atomic E-state index is -0.244. The van der Waals surface area contributed by atoms with Gasteiger partial charge in [0.15, 0.2) is 0 Å². The predicted octanol–water partition coefficient (Wildman–Crippen LogP) is 3.59. The molecule has 1 aromatic heterocycles. The Balaban J connectivity index is 2.49. The Labute approximate surface area is 110 Å². The molecule has 18 heavy (non-hydrogen) atoms. The molecule has 1 N–H and O–H groups in total. The summed E-state index contributed by atoms with van der Waals surface area (Å²) < 4.78 is 19.4. The van der Waals surface area contributed by atoms with Crippen LogP contribution in [0, 0.1) is 5.82 Å². The Bertz CT molecular complexity index is 499. The van der Waals surface area contributed by atoms with E-state index >= 15 is 0 Å². The van der Waals surface area contributed by atoms with Crippen molar-refractivity contribution in [3.63, 3.8) is 0 Å². The second kappa shape index (κ2) is 5.98. The molecule has 0 radical (unpaired) electrons. The van der Waals surface area contributed by atoms with Crippen molar-refractivity contribution in [1.29, 1.82) is 0 Å². The molecular weight excluding hydrogens is 249 g/mol. The quantitative estimate of drug-likeness (QED) is 0.892. The van der Waals surface area contributed by atoms with E-state index in [1.54, 1.807) is 30.6 Å². The minimum Gasteiger partial charge on any atom is -0.496 e. The van der Waals surface area contributed by atoms with Gasteiger partial charge in [0, 0.05) is 0 Å². The Morgan fingerprint density at radius 3 is 2.83 bits per heavy atom. The molecule has 0 aliphatic carbocycles. The van der Waals surface area contributed by atoms with E-state index in [0.717, 1.165) is 12.1 Å². The zero-order valence-corrected chi connectivity index (χ0v) is 11.3. The lowest BCUT2D eigenvalue weighted by Gasteiger charge is -2.20. The van der Waals surface area contributed by atoms with Crippen LogP contribution in [-0.4, -0.2) is 13.7 Å². The van der Waals surface area contributed by atoms with Crippen LogP contribution in [0.4, 0.5) is 4.39 Å². The number of rotatable bonds is 5. The van der Waals surface area contributed by atoms with Crippen LogP contribution >= 0.6 is 11.3 Å². The van der Waals surface area contributed by atoms with Crippen molar-refractivity contribution in [1.82, 2.24) is 5.32 Å². The number of methoxy groups -OCH3 is 1. The van der Waals surface area contributed by atoms with Gasteiger partial charge in [-0.2, -0.15) is 11.3 Å². The van der Waals surface area contributed by atoms with Gasteiger partial charge in [-0.1, -0.05) is 13.0 Å². The summed E-state index contributed by atoms with van der Waals surface area (Å²) in [6.45, 7) is 2.77. The fourth-order valence-corrected chi connectivity index (χ4v) is 2.69. The summed E-state index contributed by atoms with van der Waals surface area (Å²) in [4.78, 5) is 0. The highest BCUT2D eigenvalue weighted by molar-refractivity contribution is 7.08. The molecule has 0 saturated heterocycles. The molecule has 96 valence electrons. The van der Waals surface area contributed by atoms with E-state index in [-0.39, 0.29) is 11.9 Å². The molecule has 1 heterocycles. The molecular formula is C14H16FNOS. The van der Waals surface area contributed by atoms with Crippen LogP contribution in [0.1, 0.15) is 24.1 Å². The number of benzene rings is 1. The first-order valence-corrected chi connectivity index (χ1v) is 6.80. The molecule has 1 aromatic carbocycles. The number of nitrogens with one attached hydrogen (secondary N) is 1. The summed E-state index contributed by atoms with van der Waals surface area (Å²) in [6, 6.07) is 6.75. The first-order chi connectivity index (χ1) is 8.77. The fourth-order valence-electron chi connectivity index (χ4n) is 2.01. The standard InChI is InChI=1S/C14H16FNOS/c1-3-16-14(10-7-8-18-9-10)13-11(15)5-4-6-12(13)17-2/h4-9,14,16H,3H2,1-2H3. The third-order valence-corrected chi connectivity index (χ3v) is 3.51. The van der Waals surface area contributed by atoms with Crippen LogP contribution < -0.4 is 10.1 Å². The average molecular weight is 265 g/mol. The zero-order valence-electron chi connectivity index (χ0n) is 10.4. The zero-order chi connectivity index (χ0) is 13.0. The Morgan fingerprint density at radius 2 is 2.22 bits per heavy atom. The van der Waals surface area contributed by atoms with E-state index in [4.69, 9.17) is 4.74 Å². The summed E-state index contributed by atoms with van der Waals surface area (Å²) in [7, 11) is 1.56. The molecule has 4 heteroatoms. The van der Waals surface area contributed by atoms with Crippen molar-refractivity contribution < 1.29 is 9.13 Å². The van der Waals surface area contributed by atoms with E-state index in [0.29, 0.717) is 11.3 Å². The van der Waals surface area contributed by atoms with Gasteiger partial charge in [-0.3, -0.25) is 0 Å². The molecule has 2 nitrogen and oxygen atoms in total. The number of halogens is 1. The van der Waals surface area contributed by atoms with Crippen LogP contribution in [0.15, 0.2) is 35.0 Å². The smallest absolute Gasteiger partial charge is 0.132 e. The van der Waals surface area contributed by atoms with Gasteiger partial charge in [-0.15, -0.1) is 0 Å². The first kappa shape index (κ1) is 13.1. The largest absolute Gasteiger partial charge is 0.496 e. The van der Waals surface area contributed by atoms with E-state index in [1.807, 2.05) is 23.8 Å². The molecule has 1 atom stereocenters. The lowest BCUT2D eigenvalue weighted by Crippen LogP contribution is -2.23.